The number of allylic oxidation sites excluding steroid dienone is 2. The smallest absolute Gasteiger partial charge is 0.0231 e. The van der Waals surface area contributed by atoms with Gasteiger partial charge >= 0.3 is 0 Å². The van der Waals surface area contributed by atoms with Gasteiger partial charge in [0.1, 0.15) is 0 Å². The summed E-state index contributed by atoms with van der Waals surface area (Å²) in [6, 6.07) is 21.2. The fraction of sp³-hybridized carbons (Fsp3) is 0.176. The van der Waals surface area contributed by atoms with Gasteiger partial charge in [-0.15, -0.1) is 0 Å². The highest BCUT2D eigenvalue weighted by Gasteiger charge is 1.94. The number of aryl methyl sites for hydroxylation is 1. The second kappa shape index (κ2) is 6.05. The van der Waals surface area contributed by atoms with Crippen LogP contribution in [0, 0.1) is 0 Å². The van der Waals surface area contributed by atoms with Crippen LogP contribution in [-0.2, 0) is 6.42 Å². The highest BCUT2D eigenvalue weighted by molar-refractivity contribution is 5.63. The molecule has 0 nitrogen and oxygen atoms in total. The molecule has 0 N–H and O–H groups in total. The molecule has 0 radical (unpaired) electrons. The molecule has 0 aliphatic heterocycles. The van der Waals surface area contributed by atoms with Gasteiger partial charge in [-0.3, -0.25) is 0 Å². The highest BCUT2D eigenvalue weighted by atomic mass is 14.0. The van der Waals surface area contributed by atoms with Crippen LogP contribution in [0.2, 0.25) is 0 Å². The molecule has 17 heavy (non-hydrogen) atoms. The van der Waals surface area contributed by atoms with Gasteiger partial charge in [-0.05, 0) is 36.5 Å². The summed E-state index contributed by atoms with van der Waals surface area (Å²) in [5.41, 5.74) is 4.09. The maximum absolute atomic E-state index is 2.32. The fourth-order valence-corrected chi connectivity index (χ4v) is 1.92. The molecule has 2 aromatic carbocycles. The van der Waals surface area contributed by atoms with Crippen molar-refractivity contribution in [2.24, 2.45) is 0 Å². The van der Waals surface area contributed by atoms with Crippen molar-refractivity contribution in [3.63, 3.8) is 0 Å². The Morgan fingerprint density at radius 2 is 1.47 bits per heavy atom. The Morgan fingerprint density at radius 3 is 2.12 bits per heavy atom. The summed E-state index contributed by atoms with van der Waals surface area (Å²) in [5, 5.41) is 0. The minimum absolute atomic E-state index is 1.10. The maximum Gasteiger partial charge on any atom is -0.0231 e. The molecule has 0 saturated heterocycles. The lowest BCUT2D eigenvalue weighted by molar-refractivity contribution is 1.00. The molecule has 0 fully saturated rings. The number of hydrogen-bond acceptors (Lipinski definition) is 0. The van der Waals surface area contributed by atoms with Crippen LogP contribution >= 0.6 is 0 Å². The Labute approximate surface area is 104 Å². The Bertz CT molecular complexity index is 466. The third kappa shape index (κ3) is 3.60. The van der Waals surface area contributed by atoms with E-state index in [0.29, 0.717) is 0 Å². The Kier molecular flexibility index (Phi) is 4.15. The molecular formula is C17H18. The Morgan fingerprint density at radius 1 is 0.882 bits per heavy atom. The largest absolute Gasteiger partial charge is 0.0807 e. The molecule has 0 aliphatic carbocycles. The summed E-state index contributed by atoms with van der Waals surface area (Å²) in [4.78, 5) is 0. The SMILES string of the molecule is C/C(=C\CCc1ccccc1)c1ccccc1. The number of hydrogen-bond donors (Lipinski definition) is 0. The van der Waals surface area contributed by atoms with Gasteiger partial charge in [0.05, 0.1) is 0 Å². The monoisotopic (exact) mass is 222 g/mol. The van der Waals surface area contributed by atoms with Crippen molar-refractivity contribution < 1.29 is 0 Å². The summed E-state index contributed by atoms with van der Waals surface area (Å²) in [6.07, 6.45) is 4.54. The lowest BCUT2D eigenvalue weighted by atomic mass is 10.0. The zero-order valence-corrected chi connectivity index (χ0v) is 10.3. The molecule has 2 rings (SSSR count). The van der Waals surface area contributed by atoms with Crippen LogP contribution < -0.4 is 0 Å². The van der Waals surface area contributed by atoms with E-state index in [2.05, 4.69) is 73.7 Å². The van der Waals surface area contributed by atoms with Gasteiger partial charge in [0.25, 0.3) is 0 Å². The van der Waals surface area contributed by atoms with Crippen LogP contribution in [-0.4, -0.2) is 0 Å². The molecule has 0 spiro atoms. The average molecular weight is 222 g/mol. The molecule has 0 heterocycles. The van der Waals surface area contributed by atoms with Crippen molar-refractivity contribution in [3.8, 4) is 0 Å². The first kappa shape index (κ1) is 11.7. The van der Waals surface area contributed by atoms with Crippen molar-refractivity contribution in [1.29, 1.82) is 0 Å². The van der Waals surface area contributed by atoms with Gasteiger partial charge in [-0.25, -0.2) is 0 Å². The van der Waals surface area contributed by atoms with Crippen molar-refractivity contribution in [1.82, 2.24) is 0 Å². The molecule has 0 saturated carbocycles. The van der Waals surface area contributed by atoms with Crippen LogP contribution in [0.25, 0.3) is 5.57 Å². The van der Waals surface area contributed by atoms with Crippen LogP contribution in [0.1, 0.15) is 24.5 Å². The quantitative estimate of drug-likeness (QED) is 0.702. The first-order valence-corrected chi connectivity index (χ1v) is 6.12. The van der Waals surface area contributed by atoms with E-state index in [1.807, 2.05) is 0 Å². The van der Waals surface area contributed by atoms with Gasteiger partial charge in [0.15, 0.2) is 0 Å². The van der Waals surface area contributed by atoms with E-state index in [1.165, 1.54) is 16.7 Å². The third-order valence-corrected chi connectivity index (χ3v) is 2.96. The number of rotatable bonds is 4. The summed E-state index contributed by atoms with van der Waals surface area (Å²) in [7, 11) is 0. The summed E-state index contributed by atoms with van der Waals surface area (Å²) in [6.45, 7) is 2.18. The minimum Gasteiger partial charge on any atom is -0.0807 e. The van der Waals surface area contributed by atoms with E-state index >= 15 is 0 Å². The third-order valence-electron chi connectivity index (χ3n) is 2.96. The topological polar surface area (TPSA) is 0 Å². The van der Waals surface area contributed by atoms with Crippen molar-refractivity contribution in [2.75, 3.05) is 0 Å². The summed E-state index contributed by atoms with van der Waals surface area (Å²) >= 11 is 0. The van der Waals surface area contributed by atoms with Crippen LogP contribution in [0.5, 0.6) is 0 Å². The van der Waals surface area contributed by atoms with E-state index in [9.17, 15) is 0 Å². The van der Waals surface area contributed by atoms with Crippen molar-refractivity contribution >= 4 is 5.57 Å². The molecule has 0 aliphatic rings. The van der Waals surface area contributed by atoms with Crippen LogP contribution in [0.3, 0.4) is 0 Å². The predicted octanol–water partition coefficient (Wildman–Crippen LogP) is 4.72. The standard InChI is InChI=1S/C17H18/c1-15(17-13-6-3-7-14-17)9-8-12-16-10-4-2-5-11-16/h2-7,9-11,13-14H,8,12H2,1H3/b15-9+. The van der Waals surface area contributed by atoms with Crippen LogP contribution in [0.15, 0.2) is 66.7 Å². The molecule has 2 aromatic rings. The molecule has 0 amide bonds. The first-order chi connectivity index (χ1) is 8.36. The van der Waals surface area contributed by atoms with E-state index in [0.717, 1.165) is 12.8 Å². The molecule has 0 unspecified atom stereocenters. The molecule has 0 aromatic heterocycles. The van der Waals surface area contributed by atoms with E-state index < -0.39 is 0 Å². The molecule has 0 atom stereocenters. The zero-order valence-electron chi connectivity index (χ0n) is 10.3. The second-order valence-electron chi connectivity index (χ2n) is 4.28. The van der Waals surface area contributed by atoms with E-state index in [4.69, 9.17) is 0 Å². The zero-order chi connectivity index (χ0) is 11.9. The Balaban J connectivity index is 1.93. The second-order valence-corrected chi connectivity index (χ2v) is 4.28. The molecular weight excluding hydrogens is 204 g/mol. The summed E-state index contributed by atoms with van der Waals surface area (Å²) in [5.74, 6) is 0. The van der Waals surface area contributed by atoms with E-state index in [-0.39, 0.29) is 0 Å². The van der Waals surface area contributed by atoms with Crippen molar-refractivity contribution in [2.45, 2.75) is 19.8 Å². The lowest BCUT2D eigenvalue weighted by Gasteiger charge is -2.02. The first-order valence-electron chi connectivity index (χ1n) is 6.12. The highest BCUT2D eigenvalue weighted by Crippen LogP contribution is 2.14. The van der Waals surface area contributed by atoms with Crippen molar-refractivity contribution in [3.05, 3.63) is 77.9 Å². The van der Waals surface area contributed by atoms with Gasteiger partial charge in [-0.2, -0.15) is 0 Å². The minimum atomic E-state index is 1.10. The fourth-order valence-electron chi connectivity index (χ4n) is 1.92. The summed E-state index contributed by atoms with van der Waals surface area (Å²) < 4.78 is 0. The van der Waals surface area contributed by atoms with Gasteiger partial charge in [-0.1, -0.05) is 66.7 Å². The Hall–Kier alpha value is -1.82. The number of benzene rings is 2. The molecule has 0 bridgehead atoms. The van der Waals surface area contributed by atoms with Crippen LogP contribution in [0.4, 0.5) is 0 Å². The average Bonchev–Trinajstić information content (AvgIpc) is 2.41. The predicted molar refractivity (Wildman–Crippen MR) is 74.9 cm³/mol. The van der Waals surface area contributed by atoms with Gasteiger partial charge < -0.3 is 0 Å². The molecule has 0 heteroatoms. The van der Waals surface area contributed by atoms with Gasteiger partial charge in [0, 0.05) is 0 Å². The normalized spacial score (nSPS) is 11.5. The lowest BCUT2D eigenvalue weighted by Crippen LogP contribution is -1.83. The maximum atomic E-state index is 2.32. The molecule has 86 valence electrons. The van der Waals surface area contributed by atoms with E-state index in [1.54, 1.807) is 0 Å². The van der Waals surface area contributed by atoms with Gasteiger partial charge in [0.2, 0.25) is 0 Å².